The molecular weight excluding hydrogens is 352 g/mol. The molecule has 0 aliphatic rings. The molecule has 26 heavy (non-hydrogen) atoms. The number of carbonyl (C=O) groups excluding carboxylic acids is 1. The fourth-order valence-electron chi connectivity index (χ4n) is 2.52. The number of nitrogens with two attached hydrogens (primary N) is 2. The molecule has 0 unspecified atom stereocenters. The third-order valence-corrected chi connectivity index (χ3v) is 4.77. The van der Waals surface area contributed by atoms with Crippen molar-refractivity contribution in [3.05, 3.63) is 60.2 Å². The first-order valence-electron chi connectivity index (χ1n) is 8.27. The van der Waals surface area contributed by atoms with Crippen molar-refractivity contribution in [3.8, 4) is 0 Å². The molecule has 0 aliphatic carbocycles. The Morgan fingerprint density at radius 3 is 2.23 bits per heavy atom. The smallest absolute Gasteiger partial charge is 0.238 e. The average Bonchev–Trinajstić information content (AvgIpc) is 2.60. The number of nitrogens with zero attached hydrogens (tertiary/aromatic N) is 1. The van der Waals surface area contributed by atoms with E-state index in [1.165, 1.54) is 29.8 Å². The number of rotatable bonds is 9. The largest absolute Gasteiger partial charge is 0.329 e. The number of anilines is 1. The molecule has 0 radical (unpaired) electrons. The predicted molar refractivity (Wildman–Crippen MR) is 102 cm³/mol. The van der Waals surface area contributed by atoms with E-state index in [4.69, 9.17) is 10.9 Å². The monoisotopic (exact) mass is 376 g/mol. The van der Waals surface area contributed by atoms with Gasteiger partial charge in [-0.15, -0.1) is 0 Å². The summed E-state index contributed by atoms with van der Waals surface area (Å²) in [6, 6.07) is 15.8. The molecule has 0 atom stereocenters. The first-order valence-corrected chi connectivity index (χ1v) is 9.82. The van der Waals surface area contributed by atoms with E-state index in [0.717, 1.165) is 13.0 Å². The molecule has 140 valence electrons. The number of primary sulfonamides is 1. The third-order valence-electron chi connectivity index (χ3n) is 3.84. The molecule has 0 aromatic heterocycles. The van der Waals surface area contributed by atoms with Crippen LogP contribution in [-0.4, -0.2) is 45.4 Å². The SMILES string of the molecule is NCCN(CCc1ccccc1)CC(=O)Nc1ccc(S(N)(=O)=O)cc1. The second-order valence-electron chi connectivity index (χ2n) is 5.92. The Morgan fingerprint density at radius 1 is 1.00 bits per heavy atom. The van der Waals surface area contributed by atoms with Gasteiger partial charge < -0.3 is 11.1 Å². The zero-order valence-corrected chi connectivity index (χ0v) is 15.3. The van der Waals surface area contributed by atoms with Crippen molar-refractivity contribution < 1.29 is 13.2 Å². The van der Waals surface area contributed by atoms with Crippen LogP contribution in [0.25, 0.3) is 0 Å². The van der Waals surface area contributed by atoms with Crippen molar-refractivity contribution in [3.63, 3.8) is 0 Å². The minimum absolute atomic E-state index is 0.00289. The summed E-state index contributed by atoms with van der Waals surface area (Å²) in [7, 11) is -3.74. The summed E-state index contributed by atoms with van der Waals surface area (Å²) < 4.78 is 22.5. The Labute approximate surface area is 154 Å². The highest BCUT2D eigenvalue weighted by molar-refractivity contribution is 7.89. The lowest BCUT2D eigenvalue weighted by molar-refractivity contribution is -0.117. The molecule has 7 nitrogen and oxygen atoms in total. The van der Waals surface area contributed by atoms with Crippen LogP contribution in [0.15, 0.2) is 59.5 Å². The molecule has 8 heteroatoms. The zero-order chi connectivity index (χ0) is 19.0. The van der Waals surface area contributed by atoms with E-state index < -0.39 is 10.0 Å². The lowest BCUT2D eigenvalue weighted by atomic mass is 10.1. The summed E-state index contributed by atoms with van der Waals surface area (Å²) in [5.41, 5.74) is 7.36. The Balaban J connectivity index is 1.90. The lowest BCUT2D eigenvalue weighted by Crippen LogP contribution is -2.38. The highest BCUT2D eigenvalue weighted by Crippen LogP contribution is 2.12. The molecule has 0 bridgehead atoms. The first-order chi connectivity index (χ1) is 12.4. The number of nitrogens with one attached hydrogen (secondary N) is 1. The van der Waals surface area contributed by atoms with Crippen LogP contribution < -0.4 is 16.2 Å². The number of carbonyl (C=O) groups is 1. The van der Waals surface area contributed by atoms with Crippen LogP contribution in [0.3, 0.4) is 0 Å². The van der Waals surface area contributed by atoms with Gasteiger partial charge in [-0.2, -0.15) is 0 Å². The Bertz CT molecular complexity index is 808. The van der Waals surface area contributed by atoms with Crippen molar-refractivity contribution in [2.24, 2.45) is 10.9 Å². The zero-order valence-electron chi connectivity index (χ0n) is 14.5. The molecule has 0 fully saturated rings. The maximum atomic E-state index is 12.3. The number of sulfonamides is 1. The van der Waals surface area contributed by atoms with Gasteiger partial charge in [-0.1, -0.05) is 30.3 Å². The van der Waals surface area contributed by atoms with Gasteiger partial charge in [0.25, 0.3) is 0 Å². The number of hydrogen-bond acceptors (Lipinski definition) is 5. The average molecular weight is 376 g/mol. The number of hydrogen-bond donors (Lipinski definition) is 3. The second-order valence-corrected chi connectivity index (χ2v) is 7.48. The normalized spacial score (nSPS) is 11.5. The van der Waals surface area contributed by atoms with Crippen molar-refractivity contribution in [2.45, 2.75) is 11.3 Å². The van der Waals surface area contributed by atoms with Crippen LogP contribution in [0.1, 0.15) is 5.56 Å². The van der Waals surface area contributed by atoms with Gasteiger partial charge in [-0.25, -0.2) is 13.6 Å². The van der Waals surface area contributed by atoms with Gasteiger partial charge in [0, 0.05) is 25.3 Å². The fourth-order valence-corrected chi connectivity index (χ4v) is 3.03. The van der Waals surface area contributed by atoms with Crippen molar-refractivity contribution in [1.29, 1.82) is 0 Å². The number of benzene rings is 2. The molecule has 0 spiro atoms. The van der Waals surface area contributed by atoms with E-state index >= 15 is 0 Å². The second kappa shape index (κ2) is 9.44. The van der Waals surface area contributed by atoms with E-state index in [1.54, 1.807) is 0 Å². The van der Waals surface area contributed by atoms with Gasteiger partial charge in [0.05, 0.1) is 11.4 Å². The molecular formula is C18H24N4O3S. The van der Waals surface area contributed by atoms with Crippen molar-refractivity contribution in [2.75, 3.05) is 31.5 Å². The van der Waals surface area contributed by atoms with Gasteiger partial charge in [-0.3, -0.25) is 9.69 Å². The standard InChI is InChI=1S/C18H24N4O3S/c19-11-13-22(12-10-15-4-2-1-3-5-15)14-18(23)21-16-6-8-17(9-7-16)26(20,24)25/h1-9H,10-14,19H2,(H,21,23)(H2,20,24,25). The Kier molecular flexibility index (Phi) is 7.28. The molecule has 0 heterocycles. The number of amides is 1. The van der Waals surface area contributed by atoms with Crippen LogP contribution >= 0.6 is 0 Å². The maximum absolute atomic E-state index is 12.3. The molecule has 2 rings (SSSR count). The topological polar surface area (TPSA) is 119 Å². The van der Waals surface area contributed by atoms with Gasteiger partial charge >= 0.3 is 0 Å². The van der Waals surface area contributed by atoms with E-state index in [9.17, 15) is 13.2 Å². The Morgan fingerprint density at radius 2 is 1.65 bits per heavy atom. The summed E-state index contributed by atoms with van der Waals surface area (Å²) in [6.45, 7) is 2.01. The third kappa shape index (κ3) is 6.57. The summed E-state index contributed by atoms with van der Waals surface area (Å²) in [6.07, 6.45) is 0.831. The molecule has 0 aliphatic heterocycles. The maximum Gasteiger partial charge on any atom is 0.238 e. The minimum Gasteiger partial charge on any atom is -0.329 e. The van der Waals surface area contributed by atoms with Crippen LogP contribution in [0.5, 0.6) is 0 Å². The van der Waals surface area contributed by atoms with Gasteiger partial charge in [0.15, 0.2) is 0 Å². The van der Waals surface area contributed by atoms with Crippen LogP contribution in [-0.2, 0) is 21.2 Å². The van der Waals surface area contributed by atoms with E-state index in [0.29, 0.717) is 18.8 Å². The molecule has 0 saturated heterocycles. The highest BCUT2D eigenvalue weighted by Gasteiger charge is 2.12. The summed E-state index contributed by atoms with van der Waals surface area (Å²) >= 11 is 0. The van der Waals surface area contributed by atoms with Crippen LogP contribution in [0.4, 0.5) is 5.69 Å². The molecule has 1 amide bonds. The summed E-state index contributed by atoms with van der Waals surface area (Å²) in [5.74, 6) is -0.185. The van der Waals surface area contributed by atoms with Crippen molar-refractivity contribution >= 4 is 21.6 Å². The minimum atomic E-state index is -3.74. The molecule has 2 aromatic carbocycles. The molecule has 2 aromatic rings. The van der Waals surface area contributed by atoms with Crippen molar-refractivity contribution in [1.82, 2.24) is 4.90 Å². The highest BCUT2D eigenvalue weighted by atomic mass is 32.2. The van der Waals surface area contributed by atoms with E-state index in [1.807, 2.05) is 35.2 Å². The Hall–Kier alpha value is -2.26. The fraction of sp³-hybridized carbons (Fsp3) is 0.278. The van der Waals surface area contributed by atoms with E-state index in [2.05, 4.69) is 5.32 Å². The van der Waals surface area contributed by atoms with E-state index in [-0.39, 0.29) is 17.3 Å². The van der Waals surface area contributed by atoms with Gasteiger partial charge in [0.2, 0.25) is 15.9 Å². The lowest BCUT2D eigenvalue weighted by Gasteiger charge is -2.21. The van der Waals surface area contributed by atoms with Crippen LogP contribution in [0, 0.1) is 0 Å². The first kappa shape index (κ1) is 20.1. The van der Waals surface area contributed by atoms with Crippen LogP contribution in [0.2, 0.25) is 0 Å². The summed E-state index contributed by atoms with van der Waals surface area (Å²) in [5, 5.41) is 7.81. The predicted octanol–water partition coefficient (Wildman–Crippen LogP) is 0.776. The van der Waals surface area contributed by atoms with Gasteiger partial charge in [-0.05, 0) is 36.2 Å². The molecule has 5 N–H and O–H groups in total. The molecule has 0 saturated carbocycles. The van der Waals surface area contributed by atoms with Gasteiger partial charge in [0.1, 0.15) is 0 Å². The quantitative estimate of drug-likeness (QED) is 0.597. The summed E-state index contributed by atoms with van der Waals surface area (Å²) in [4.78, 5) is 14.2.